The van der Waals surface area contributed by atoms with Crippen LogP contribution in [-0.2, 0) is 4.79 Å². The second-order valence-electron chi connectivity index (χ2n) is 6.39. The van der Waals surface area contributed by atoms with Crippen LogP contribution in [0.25, 0.3) is 6.08 Å². The van der Waals surface area contributed by atoms with Gasteiger partial charge >= 0.3 is 0 Å². The number of rotatable bonds is 7. The van der Waals surface area contributed by atoms with Gasteiger partial charge in [-0.1, -0.05) is 19.1 Å². The van der Waals surface area contributed by atoms with E-state index in [0.717, 1.165) is 12.1 Å². The second kappa shape index (κ2) is 9.23. The molecule has 0 spiro atoms. The first-order valence-corrected chi connectivity index (χ1v) is 8.59. The largest absolute Gasteiger partial charge is 0.355 e. The third kappa shape index (κ3) is 5.81. The second-order valence-corrected chi connectivity index (χ2v) is 6.39. The number of hydrogen-bond donors (Lipinski definition) is 2. The van der Waals surface area contributed by atoms with Crippen LogP contribution in [0, 0.1) is 5.92 Å². The zero-order valence-electron chi connectivity index (χ0n) is 14.5. The molecule has 1 aromatic rings. The van der Waals surface area contributed by atoms with Crippen molar-refractivity contribution in [2.75, 3.05) is 33.2 Å². The quantitative estimate of drug-likeness (QED) is 0.751. The molecule has 2 amide bonds. The molecule has 1 aromatic carbocycles. The van der Waals surface area contributed by atoms with E-state index in [1.807, 2.05) is 12.1 Å². The van der Waals surface area contributed by atoms with Crippen LogP contribution in [0.2, 0.25) is 0 Å². The maximum absolute atomic E-state index is 11.9. The Morgan fingerprint density at radius 1 is 1.21 bits per heavy atom. The third-order valence-electron chi connectivity index (χ3n) is 4.22. The minimum Gasteiger partial charge on any atom is -0.355 e. The van der Waals surface area contributed by atoms with Crippen LogP contribution in [0.1, 0.15) is 35.7 Å². The molecule has 0 aromatic heterocycles. The van der Waals surface area contributed by atoms with Crippen LogP contribution in [0.15, 0.2) is 30.3 Å². The van der Waals surface area contributed by atoms with Crippen molar-refractivity contribution in [3.63, 3.8) is 0 Å². The Labute approximate surface area is 144 Å². The van der Waals surface area contributed by atoms with Crippen LogP contribution in [-0.4, -0.2) is 49.9 Å². The number of carbonyl (C=O) groups is 2. The summed E-state index contributed by atoms with van der Waals surface area (Å²) in [5.41, 5.74) is 1.50. The summed E-state index contributed by atoms with van der Waals surface area (Å²) in [5, 5.41) is 5.53. The average molecular weight is 329 g/mol. The first-order valence-electron chi connectivity index (χ1n) is 8.59. The topological polar surface area (TPSA) is 61.4 Å². The fourth-order valence-electron chi connectivity index (χ4n) is 2.87. The molecule has 1 atom stereocenters. The SMILES string of the molecule is CNC(=O)c1ccc(/C=C\C(=O)NC[C@@H](C)CN2CCCC2)cc1. The Bertz CT molecular complexity index is 575. The Morgan fingerprint density at radius 2 is 1.88 bits per heavy atom. The minimum atomic E-state index is -0.115. The van der Waals surface area contributed by atoms with Gasteiger partial charge in [0.2, 0.25) is 5.91 Å². The van der Waals surface area contributed by atoms with Gasteiger partial charge in [-0.05, 0) is 55.6 Å². The van der Waals surface area contributed by atoms with Gasteiger partial charge in [-0.25, -0.2) is 0 Å². The van der Waals surface area contributed by atoms with E-state index < -0.39 is 0 Å². The number of likely N-dealkylation sites (tertiary alicyclic amines) is 1. The number of nitrogens with one attached hydrogen (secondary N) is 2. The summed E-state index contributed by atoms with van der Waals surface area (Å²) in [6.45, 7) is 6.27. The van der Waals surface area contributed by atoms with E-state index >= 15 is 0 Å². The first-order chi connectivity index (χ1) is 11.6. The molecular formula is C19H27N3O2. The smallest absolute Gasteiger partial charge is 0.251 e. The summed E-state index contributed by atoms with van der Waals surface area (Å²) in [4.78, 5) is 25.8. The summed E-state index contributed by atoms with van der Waals surface area (Å²) >= 11 is 0. The number of benzene rings is 1. The van der Waals surface area contributed by atoms with Crippen molar-refractivity contribution in [1.82, 2.24) is 15.5 Å². The molecule has 1 saturated heterocycles. The van der Waals surface area contributed by atoms with Crippen molar-refractivity contribution in [2.24, 2.45) is 5.92 Å². The Kier molecular flexibility index (Phi) is 7.00. The molecule has 0 aliphatic carbocycles. The van der Waals surface area contributed by atoms with E-state index in [4.69, 9.17) is 0 Å². The Hall–Kier alpha value is -2.14. The van der Waals surface area contributed by atoms with E-state index in [0.29, 0.717) is 18.0 Å². The van der Waals surface area contributed by atoms with Crippen molar-refractivity contribution < 1.29 is 9.59 Å². The molecule has 5 nitrogen and oxygen atoms in total. The zero-order chi connectivity index (χ0) is 17.4. The van der Waals surface area contributed by atoms with Crippen LogP contribution in [0.3, 0.4) is 0 Å². The highest BCUT2D eigenvalue weighted by Gasteiger charge is 2.14. The summed E-state index contributed by atoms with van der Waals surface area (Å²) in [6.07, 6.45) is 5.88. The molecule has 0 saturated carbocycles. The summed E-state index contributed by atoms with van der Waals surface area (Å²) in [7, 11) is 1.60. The molecule has 24 heavy (non-hydrogen) atoms. The van der Waals surface area contributed by atoms with E-state index in [1.165, 1.54) is 32.0 Å². The van der Waals surface area contributed by atoms with Gasteiger partial charge in [-0.3, -0.25) is 9.59 Å². The highest BCUT2D eigenvalue weighted by Crippen LogP contribution is 2.10. The molecule has 1 aliphatic rings. The molecule has 1 aliphatic heterocycles. The van der Waals surface area contributed by atoms with E-state index in [9.17, 15) is 9.59 Å². The monoisotopic (exact) mass is 329 g/mol. The van der Waals surface area contributed by atoms with Crippen LogP contribution in [0.4, 0.5) is 0 Å². The molecular weight excluding hydrogens is 302 g/mol. The van der Waals surface area contributed by atoms with Crippen molar-refractivity contribution in [1.29, 1.82) is 0 Å². The predicted molar refractivity (Wildman–Crippen MR) is 96.7 cm³/mol. The summed E-state index contributed by atoms with van der Waals surface area (Å²) in [6, 6.07) is 7.14. The van der Waals surface area contributed by atoms with Crippen molar-refractivity contribution in [3.05, 3.63) is 41.5 Å². The van der Waals surface area contributed by atoms with Gasteiger partial charge in [0.25, 0.3) is 5.91 Å². The fourth-order valence-corrected chi connectivity index (χ4v) is 2.87. The maximum Gasteiger partial charge on any atom is 0.251 e. The van der Waals surface area contributed by atoms with Gasteiger partial charge in [0.15, 0.2) is 0 Å². The standard InChI is InChI=1S/C19H27N3O2/c1-15(14-22-11-3-4-12-22)13-21-18(23)10-7-16-5-8-17(9-6-16)19(24)20-2/h5-10,15H,3-4,11-14H2,1-2H3,(H,20,24)(H,21,23)/b10-7-/t15-/m1/s1. The predicted octanol–water partition coefficient (Wildman–Crippen LogP) is 1.91. The molecule has 0 bridgehead atoms. The van der Waals surface area contributed by atoms with Crippen molar-refractivity contribution in [3.8, 4) is 0 Å². The Morgan fingerprint density at radius 3 is 2.50 bits per heavy atom. The highest BCUT2D eigenvalue weighted by atomic mass is 16.2. The minimum absolute atomic E-state index is 0.0846. The van der Waals surface area contributed by atoms with Crippen molar-refractivity contribution >= 4 is 17.9 Å². The number of nitrogens with zero attached hydrogens (tertiary/aromatic N) is 1. The van der Waals surface area contributed by atoms with Gasteiger partial charge in [0.1, 0.15) is 0 Å². The van der Waals surface area contributed by atoms with Crippen LogP contribution >= 0.6 is 0 Å². The van der Waals surface area contributed by atoms with E-state index in [-0.39, 0.29) is 11.8 Å². The zero-order valence-corrected chi connectivity index (χ0v) is 14.5. The molecule has 130 valence electrons. The molecule has 0 unspecified atom stereocenters. The summed E-state index contributed by atoms with van der Waals surface area (Å²) in [5.74, 6) is 0.251. The average Bonchev–Trinajstić information content (AvgIpc) is 3.10. The molecule has 1 heterocycles. The lowest BCUT2D eigenvalue weighted by molar-refractivity contribution is -0.116. The summed E-state index contributed by atoms with van der Waals surface area (Å²) < 4.78 is 0. The van der Waals surface area contributed by atoms with Gasteiger partial charge < -0.3 is 15.5 Å². The third-order valence-corrected chi connectivity index (χ3v) is 4.22. The van der Waals surface area contributed by atoms with Gasteiger partial charge in [0, 0.05) is 31.8 Å². The lowest BCUT2D eigenvalue weighted by Crippen LogP contribution is -2.33. The van der Waals surface area contributed by atoms with Crippen molar-refractivity contribution in [2.45, 2.75) is 19.8 Å². The maximum atomic E-state index is 11.9. The number of carbonyl (C=O) groups excluding carboxylic acids is 2. The molecule has 2 N–H and O–H groups in total. The molecule has 1 fully saturated rings. The highest BCUT2D eigenvalue weighted by molar-refractivity contribution is 5.94. The number of amides is 2. The van der Waals surface area contributed by atoms with Crippen LogP contribution < -0.4 is 10.6 Å². The van der Waals surface area contributed by atoms with Gasteiger partial charge in [-0.2, -0.15) is 0 Å². The normalized spacial score (nSPS) is 16.2. The lowest BCUT2D eigenvalue weighted by atomic mass is 10.1. The molecule has 2 rings (SSSR count). The Balaban J connectivity index is 1.74. The first kappa shape index (κ1) is 18.2. The molecule has 5 heteroatoms. The fraction of sp³-hybridized carbons (Fsp3) is 0.474. The van der Waals surface area contributed by atoms with Gasteiger partial charge in [-0.15, -0.1) is 0 Å². The lowest BCUT2D eigenvalue weighted by Gasteiger charge is -2.20. The van der Waals surface area contributed by atoms with Crippen LogP contribution in [0.5, 0.6) is 0 Å². The van der Waals surface area contributed by atoms with E-state index in [1.54, 1.807) is 25.3 Å². The van der Waals surface area contributed by atoms with Gasteiger partial charge in [0.05, 0.1) is 0 Å². The number of hydrogen-bond acceptors (Lipinski definition) is 3. The van der Waals surface area contributed by atoms with E-state index in [2.05, 4.69) is 22.5 Å². The molecule has 0 radical (unpaired) electrons.